The zero-order valence-electron chi connectivity index (χ0n) is 17.3. The van der Waals surface area contributed by atoms with E-state index in [1.165, 1.54) is 56.8 Å². The Morgan fingerprint density at radius 3 is 2.38 bits per heavy atom. The first-order chi connectivity index (χ1) is 15.3. The van der Waals surface area contributed by atoms with E-state index in [2.05, 4.69) is 5.10 Å². The molecule has 1 heterocycles. The highest BCUT2D eigenvalue weighted by atomic mass is 32.2. The number of benzene rings is 3. The van der Waals surface area contributed by atoms with Gasteiger partial charge in [-0.1, -0.05) is 12.1 Å². The van der Waals surface area contributed by atoms with Crippen molar-refractivity contribution in [1.29, 1.82) is 0 Å². The van der Waals surface area contributed by atoms with Gasteiger partial charge in [0.2, 0.25) is 9.84 Å². The minimum Gasteiger partial charge on any atom is -0.497 e. The maximum absolute atomic E-state index is 14.5. The van der Waals surface area contributed by atoms with Crippen molar-refractivity contribution >= 4 is 20.6 Å². The molecule has 0 bridgehead atoms. The molecule has 164 valence electrons. The summed E-state index contributed by atoms with van der Waals surface area (Å²) < 4.78 is 51.6. The monoisotopic (exact) mass is 454 g/mol. The molecule has 9 heteroatoms. The molecule has 4 aromatic rings. The van der Waals surface area contributed by atoms with Crippen LogP contribution in [0, 0.1) is 5.82 Å². The second kappa shape index (κ2) is 8.43. The van der Waals surface area contributed by atoms with Crippen molar-refractivity contribution in [1.82, 2.24) is 9.78 Å². The molecule has 3 aromatic carbocycles. The molecule has 0 amide bonds. The van der Waals surface area contributed by atoms with E-state index >= 15 is 0 Å². The Labute approximate surface area is 183 Å². The predicted molar refractivity (Wildman–Crippen MR) is 117 cm³/mol. The quantitative estimate of drug-likeness (QED) is 0.444. The van der Waals surface area contributed by atoms with Crippen LogP contribution in [0.3, 0.4) is 0 Å². The second-order valence-corrected chi connectivity index (χ2v) is 8.92. The standard InChI is InChI=1S/C23H19FN2O5S/c1-30-17-6-8-18(9-7-17)32(28,29)19-10-11-20-16(12-19)13-25-26(23(20)27)14-15-4-3-5-21(31-2)22(15)24/h3-13H,14H2,1-2H3. The van der Waals surface area contributed by atoms with E-state index in [-0.39, 0.29) is 33.0 Å². The zero-order chi connectivity index (χ0) is 22.9. The molecule has 0 aliphatic rings. The summed E-state index contributed by atoms with van der Waals surface area (Å²) in [7, 11) is -0.939. The van der Waals surface area contributed by atoms with E-state index < -0.39 is 21.2 Å². The van der Waals surface area contributed by atoms with Crippen molar-refractivity contribution in [3.8, 4) is 11.5 Å². The lowest BCUT2D eigenvalue weighted by atomic mass is 10.2. The van der Waals surface area contributed by atoms with E-state index in [0.717, 1.165) is 4.68 Å². The third-order valence-electron chi connectivity index (χ3n) is 5.09. The average molecular weight is 454 g/mol. The lowest BCUT2D eigenvalue weighted by molar-refractivity contribution is 0.383. The largest absolute Gasteiger partial charge is 0.497 e. The van der Waals surface area contributed by atoms with Gasteiger partial charge in [-0.25, -0.2) is 17.5 Å². The summed E-state index contributed by atoms with van der Waals surface area (Å²) in [6.07, 6.45) is 1.39. The van der Waals surface area contributed by atoms with Gasteiger partial charge in [-0.3, -0.25) is 4.79 Å². The number of aromatic nitrogens is 2. The van der Waals surface area contributed by atoms with Gasteiger partial charge < -0.3 is 9.47 Å². The van der Waals surface area contributed by atoms with Crippen molar-refractivity contribution in [3.63, 3.8) is 0 Å². The fraction of sp³-hybridized carbons (Fsp3) is 0.130. The molecule has 0 fully saturated rings. The molecule has 0 aliphatic carbocycles. The Morgan fingerprint density at radius 2 is 1.69 bits per heavy atom. The van der Waals surface area contributed by atoms with Gasteiger partial charge in [0.25, 0.3) is 5.56 Å². The SMILES string of the molecule is COc1ccc(S(=O)(=O)c2ccc3c(=O)n(Cc4cccc(OC)c4F)ncc3c2)cc1. The van der Waals surface area contributed by atoms with Gasteiger partial charge in [0, 0.05) is 10.9 Å². The molecule has 0 unspecified atom stereocenters. The molecular formula is C23H19FN2O5S. The predicted octanol–water partition coefficient (Wildman–Crippen LogP) is 3.43. The molecule has 32 heavy (non-hydrogen) atoms. The molecule has 0 N–H and O–H groups in total. The summed E-state index contributed by atoms with van der Waals surface area (Å²) in [6.45, 7) is -0.0935. The van der Waals surface area contributed by atoms with Gasteiger partial charge in [0.05, 0.1) is 42.1 Å². The summed E-state index contributed by atoms with van der Waals surface area (Å²) in [4.78, 5) is 13.0. The first-order valence-corrected chi connectivity index (χ1v) is 11.0. The van der Waals surface area contributed by atoms with E-state index in [4.69, 9.17) is 9.47 Å². The highest BCUT2D eigenvalue weighted by molar-refractivity contribution is 7.91. The zero-order valence-corrected chi connectivity index (χ0v) is 18.1. The van der Waals surface area contributed by atoms with E-state index in [9.17, 15) is 17.6 Å². The van der Waals surface area contributed by atoms with Gasteiger partial charge in [0.1, 0.15) is 5.75 Å². The van der Waals surface area contributed by atoms with Crippen LogP contribution in [-0.2, 0) is 16.4 Å². The molecule has 1 aromatic heterocycles. The molecule has 0 radical (unpaired) electrons. The lowest BCUT2D eigenvalue weighted by Crippen LogP contribution is -2.24. The van der Waals surface area contributed by atoms with Crippen LogP contribution >= 0.6 is 0 Å². The number of halogens is 1. The van der Waals surface area contributed by atoms with Gasteiger partial charge in [-0.15, -0.1) is 0 Å². The van der Waals surface area contributed by atoms with Crippen LogP contribution in [0.4, 0.5) is 4.39 Å². The Balaban J connectivity index is 1.72. The van der Waals surface area contributed by atoms with Crippen LogP contribution in [0.5, 0.6) is 11.5 Å². The van der Waals surface area contributed by atoms with Crippen molar-refractivity contribution in [2.24, 2.45) is 0 Å². The normalized spacial score (nSPS) is 11.5. The number of rotatable bonds is 6. The number of fused-ring (bicyclic) bond motifs is 1. The Kier molecular flexibility index (Phi) is 5.67. The molecular weight excluding hydrogens is 435 g/mol. The highest BCUT2D eigenvalue weighted by Gasteiger charge is 2.19. The second-order valence-electron chi connectivity index (χ2n) is 6.97. The van der Waals surface area contributed by atoms with Crippen molar-refractivity contribution < 1.29 is 22.3 Å². The third kappa shape index (κ3) is 3.82. The van der Waals surface area contributed by atoms with Gasteiger partial charge in [-0.05, 0) is 48.5 Å². The number of methoxy groups -OCH3 is 2. The molecule has 0 spiro atoms. The van der Waals surface area contributed by atoms with Gasteiger partial charge in [0.15, 0.2) is 11.6 Å². The first-order valence-electron chi connectivity index (χ1n) is 9.55. The number of nitrogens with zero attached hydrogens (tertiary/aromatic N) is 2. The van der Waals surface area contributed by atoms with Crippen LogP contribution in [-0.4, -0.2) is 32.4 Å². The number of hydrogen-bond acceptors (Lipinski definition) is 6. The van der Waals surface area contributed by atoms with Crippen molar-refractivity contribution in [2.45, 2.75) is 16.3 Å². The Bertz CT molecular complexity index is 1460. The number of hydrogen-bond donors (Lipinski definition) is 0. The first kappa shape index (κ1) is 21.5. The topological polar surface area (TPSA) is 87.5 Å². The molecule has 0 atom stereocenters. The van der Waals surface area contributed by atoms with Crippen molar-refractivity contribution in [2.75, 3.05) is 14.2 Å². The summed E-state index contributed by atoms with van der Waals surface area (Å²) >= 11 is 0. The van der Waals surface area contributed by atoms with Crippen molar-refractivity contribution in [3.05, 3.63) is 88.6 Å². The van der Waals surface area contributed by atoms with E-state index in [1.54, 1.807) is 24.3 Å². The van der Waals surface area contributed by atoms with Crippen LogP contribution in [0.15, 0.2) is 81.4 Å². The molecule has 0 aliphatic heterocycles. The smallest absolute Gasteiger partial charge is 0.274 e. The maximum atomic E-state index is 14.5. The summed E-state index contributed by atoms with van der Waals surface area (Å²) in [5, 5.41) is 4.74. The molecule has 0 saturated heterocycles. The van der Waals surface area contributed by atoms with E-state index in [1.807, 2.05) is 0 Å². The molecule has 4 rings (SSSR count). The number of sulfone groups is 1. The fourth-order valence-corrected chi connectivity index (χ4v) is 4.63. The average Bonchev–Trinajstić information content (AvgIpc) is 2.82. The molecule has 0 saturated carbocycles. The van der Waals surface area contributed by atoms with Crippen LogP contribution in [0.25, 0.3) is 10.8 Å². The minimum atomic E-state index is -3.80. The fourth-order valence-electron chi connectivity index (χ4n) is 3.33. The van der Waals surface area contributed by atoms with Crippen LogP contribution in [0.2, 0.25) is 0 Å². The Hall–Kier alpha value is -3.72. The van der Waals surface area contributed by atoms with Gasteiger partial charge in [-0.2, -0.15) is 5.10 Å². The Morgan fingerprint density at radius 1 is 0.969 bits per heavy atom. The summed E-state index contributed by atoms with van der Waals surface area (Å²) in [5.74, 6) is 0.0501. The highest BCUT2D eigenvalue weighted by Crippen LogP contribution is 2.25. The third-order valence-corrected chi connectivity index (χ3v) is 6.85. The molecule has 7 nitrogen and oxygen atoms in total. The maximum Gasteiger partial charge on any atom is 0.274 e. The lowest BCUT2D eigenvalue weighted by Gasteiger charge is -2.10. The van der Waals surface area contributed by atoms with Crippen LogP contribution in [0.1, 0.15) is 5.56 Å². The van der Waals surface area contributed by atoms with Crippen LogP contribution < -0.4 is 15.0 Å². The number of ether oxygens (including phenoxy) is 2. The summed E-state index contributed by atoms with van der Waals surface area (Å²) in [5.41, 5.74) is -0.213. The van der Waals surface area contributed by atoms with E-state index in [0.29, 0.717) is 11.1 Å². The summed E-state index contributed by atoms with van der Waals surface area (Å²) in [6, 6.07) is 14.9. The van der Waals surface area contributed by atoms with Gasteiger partial charge >= 0.3 is 0 Å². The minimum absolute atomic E-state index is 0.0351.